The summed E-state index contributed by atoms with van der Waals surface area (Å²) in [5.74, 6) is 0. The van der Waals surface area contributed by atoms with Gasteiger partial charge in [-0.05, 0) is 23.9 Å². The van der Waals surface area contributed by atoms with E-state index < -0.39 is 6.10 Å². The summed E-state index contributed by atoms with van der Waals surface area (Å²) in [5.41, 5.74) is 1.75. The number of nitrogens with zero attached hydrogens (tertiary/aromatic N) is 1. The van der Waals surface area contributed by atoms with E-state index in [0.717, 1.165) is 16.3 Å². The zero-order valence-electron chi connectivity index (χ0n) is 10.5. The number of thiophene rings is 1. The summed E-state index contributed by atoms with van der Waals surface area (Å²) < 4.78 is 0. The highest BCUT2D eigenvalue weighted by atomic mass is 32.1. The van der Waals surface area contributed by atoms with E-state index in [-0.39, 0.29) is 5.41 Å². The first kappa shape index (κ1) is 12.7. The number of aryl methyl sites for hydroxylation is 1. The molecular weight excluding hydrogens is 250 g/mol. The molecule has 0 saturated heterocycles. The van der Waals surface area contributed by atoms with Crippen LogP contribution in [0.2, 0.25) is 0 Å². The molecule has 1 atom stereocenters. The summed E-state index contributed by atoms with van der Waals surface area (Å²) in [7, 11) is 0. The Morgan fingerprint density at radius 3 is 2.41 bits per heavy atom. The molecule has 4 heteroatoms. The summed E-state index contributed by atoms with van der Waals surface area (Å²) in [4.78, 5) is 5.75. The van der Waals surface area contributed by atoms with Gasteiger partial charge in [-0.2, -0.15) is 0 Å². The maximum Gasteiger partial charge on any atom is 0.123 e. The molecule has 0 saturated carbocycles. The number of hydrogen-bond donors (Lipinski definition) is 1. The summed E-state index contributed by atoms with van der Waals surface area (Å²) >= 11 is 3.27. The van der Waals surface area contributed by atoms with Gasteiger partial charge in [-0.25, -0.2) is 4.98 Å². The zero-order chi connectivity index (χ0) is 12.6. The van der Waals surface area contributed by atoms with Gasteiger partial charge in [0, 0.05) is 15.7 Å². The number of aliphatic hydroxyl groups excluding tert-OH is 1. The Morgan fingerprint density at radius 1 is 1.24 bits per heavy atom. The number of rotatable bonds is 2. The predicted octanol–water partition coefficient (Wildman–Crippen LogP) is 3.89. The van der Waals surface area contributed by atoms with Crippen molar-refractivity contribution in [2.75, 3.05) is 0 Å². The van der Waals surface area contributed by atoms with Crippen LogP contribution in [0.25, 0.3) is 0 Å². The van der Waals surface area contributed by atoms with E-state index in [9.17, 15) is 5.11 Å². The first-order valence-electron chi connectivity index (χ1n) is 5.57. The van der Waals surface area contributed by atoms with E-state index >= 15 is 0 Å². The van der Waals surface area contributed by atoms with Gasteiger partial charge in [-0.15, -0.1) is 22.7 Å². The highest BCUT2D eigenvalue weighted by Crippen LogP contribution is 2.31. The minimum atomic E-state index is -0.590. The molecule has 0 aliphatic rings. The van der Waals surface area contributed by atoms with Crippen LogP contribution in [-0.2, 0) is 5.41 Å². The maximum atomic E-state index is 10.2. The van der Waals surface area contributed by atoms with Crippen molar-refractivity contribution in [2.24, 2.45) is 0 Å². The van der Waals surface area contributed by atoms with Gasteiger partial charge in [0.05, 0.1) is 10.7 Å². The molecule has 2 aromatic rings. The molecule has 0 fully saturated rings. The first-order valence-corrected chi connectivity index (χ1v) is 7.33. The van der Waals surface area contributed by atoms with Gasteiger partial charge in [0.1, 0.15) is 6.10 Å². The van der Waals surface area contributed by atoms with Gasteiger partial charge >= 0.3 is 0 Å². The number of hydrogen-bond acceptors (Lipinski definition) is 4. The van der Waals surface area contributed by atoms with Crippen LogP contribution in [0.15, 0.2) is 16.8 Å². The summed E-state index contributed by atoms with van der Waals surface area (Å²) in [6.07, 6.45) is -0.590. The van der Waals surface area contributed by atoms with Crippen LogP contribution in [0.3, 0.4) is 0 Å². The SMILES string of the molecule is Cc1cc(C(O)c2csc(C(C)(C)C)n2)cs1. The van der Waals surface area contributed by atoms with Crippen molar-refractivity contribution in [3.05, 3.63) is 38.0 Å². The molecule has 2 aromatic heterocycles. The Labute approximate surface area is 110 Å². The lowest BCUT2D eigenvalue weighted by Gasteiger charge is -2.14. The largest absolute Gasteiger partial charge is 0.382 e. The van der Waals surface area contributed by atoms with Crippen molar-refractivity contribution in [3.63, 3.8) is 0 Å². The van der Waals surface area contributed by atoms with E-state index in [1.807, 2.05) is 23.8 Å². The summed E-state index contributed by atoms with van der Waals surface area (Å²) in [6.45, 7) is 8.45. The third kappa shape index (κ3) is 2.76. The van der Waals surface area contributed by atoms with Gasteiger partial charge in [0.15, 0.2) is 0 Å². The molecular formula is C13H17NOS2. The van der Waals surface area contributed by atoms with Crippen LogP contribution in [0.4, 0.5) is 0 Å². The van der Waals surface area contributed by atoms with E-state index in [0.29, 0.717) is 0 Å². The first-order chi connectivity index (χ1) is 7.88. The highest BCUT2D eigenvalue weighted by molar-refractivity contribution is 7.10. The molecule has 2 heterocycles. The highest BCUT2D eigenvalue weighted by Gasteiger charge is 2.21. The monoisotopic (exact) mass is 267 g/mol. The Bertz CT molecular complexity index is 507. The smallest absolute Gasteiger partial charge is 0.123 e. The van der Waals surface area contributed by atoms with E-state index in [1.165, 1.54) is 4.88 Å². The minimum absolute atomic E-state index is 0.0488. The molecule has 1 unspecified atom stereocenters. The Kier molecular flexibility index (Phi) is 3.39. The average Bonchev–Trinajstić information content (AvgIpc) is 2.83. The van der Waals surface area contributed by atoms with E-state index in [1.54, 1.807) is 22.7 Å². The molecule has 0 aliphatic carbocycles. The molecule has 2 nitrogen and oxygen atoms in total. The Hall–Kier alpha value is -0.710. The lowest BCUT2D eigenvalue weighted by atomic mass is 9.98. The van der Waals surface area contributed by atoms with Gasteiger partial charge in [0.2, 0.25) is 0 Å². The van der Waals surface area contributed by atoms with Crippen LogP contribution in [0.5, 0.6) is 0 Å². The molecule has 2 rings (SSSR count). The number of aliphatic hydroxyl groups is 1. The van der Waals surface area contributed by atoms with Crippen molar-refractivity contribution in [2.45, 2.75) is 39.2 Å². The molecule has 0 radical (unpaired) electrons. The summed E-state index contributed by atoms with van der Waals surface area (Å²) in [5, 5.41) is 15.3. The fourth-order valence-electron chi connectivity index (χ4n) is 1.53. The molecule has 0 amide bonds. The zero-order valence-corrected chi connectivity index (χ0v) is 12.2. The van der Waals surface area contributed by atoms with Gasteiger partial charge in [-0.3, -0.25) is 0 Å². The lowest BCUT2D eigenvalue weighted by molar-refractivity contribution is 0.216. The molecule has 0 spiro atoms. The van der Waals surface area contributed by atoms with E-state index in [2.05, 4.69) is 25.8 Å². The third-order valence-corrected chi connectivity index (χ3v) is 4.68. The van der Waals surface area contributed by atoms with Crippen LogP contribution >= 0.6 is 22.7 Å². The Balaban J connectivity index is 2.26. The molecule has 0 aromatic carbocycles. The third-order valence-electron chi connectivity index (χ3n) is 2.51. The second kappa shape index (κ2) is 4.52. The average molecular weight is 267 g/mol. The molecule has 92 valence electrons. The predicted molar refractivity (Wildman–Crippen MR) is 73.9 cm³/mol. The normalized spacial score (nSPS) is 13.9. The second-order valence-electron chi connectivity index (χ2n) is 5.22. The van der Waals surface area contributed by atoms with Gasteiger partial charge in [-0.1, -0.05) is 20.8 Å². The van der Waals surface area contributed by atoms with Crippen molar-refractivity contribution in [3.8, 4) is 0 Å². The minimum Gasteiger partial charge on any atom is -0.382 e. The standard InChI is InChI=1S/C13H17NOS2/c1-8-5-9(6-16-8)11(15)10-7-17-12(14-10)13(2,3)4/h5-7,11,15H,1-4H3. The molecule has 0 bridgehead atoms. The quantitative estimate of drug-likeness (QED) is 0.895. The van der Waals surface area contributed by atoms with Crippen molar-refractivity contribution in [1.29, 1.82) is 0 Å². The second-order valence-corrected chi connectivity index (χ2v) is 7.19. The topological polar surface area (TPSA) is 33.1 Å². The van der Waals surface area contributed by atoms with Gasteiger partial charge < -0.3 is 5.11 Å². The number of thiazole rings is 1. The van der Waals surface area contributed by atoms with Crippen LogP contribution in [0.1, 0.15) is 48.0 Å². The van der Waals surface area contributed by atoms with Crippen LogP contribution in [-0.4, -0.2) is 10.1 Å². The summed E-state index contributed by atoms with van der Waals surface area (Å²) in [6, 6.07) is 2.02. The fraction of sp³-hybridized carbons (Fsp3) is 0.462. The lowest BCUT2D eigenvalue weighted by Crippen LogP contribution is -2.11. The van der Waals surface area contributed by atoms with Crippen LogP contribution < -0.4 is 0 Å². The molecule has 17 heavy (non-hydrogen) atoms. The molecule has 0 aliphatic heterocycles. The van der Waals surface area contributed by atoms with Crippen molar-refractivity contribution >= 4 is 22.7 Å². The number of aromatic nitrogens is 1. The van der Waals surface area contributed by atoms with Crippen LogP contribution in [0, 0.1) is 6.92 Å². The fourth-order valence-corrected chi connectivity index (χ4v) is 3.18. The maximum absolute atomic E-state index is 10.2. The van der Waals surface area contributed by atoms with E-state index in [4.69, 9.17) is 0 Å². The Morgan fingerprint density at radius 2 is 1.94 bits per heavy atom. The van der Waals surface area contributed by atoms with Gasteiger partial charge in [0.25, 0.3) is 0 Å². The van der Waals surface area contributed by atoms with Crippen molar-refractivity contribution < 1.29 is 5.11 Å². The molecule has 1 N–H and O–H groups in total. The van der Waals surface area contributed by atoms with Crippen molar-refractivity contribution in [1.82, 2.24) is 4.98 Å².